The van der Waals surface area contributed by atoms with Gasteiger partial charge in [0.25, 0.3) is 0 Å². The van der Waals surface area contributed by atoms with Gasteiger partial charge in [-0.15, -0.1) is 0 Å². The van der Waals surface area contributed by atoms with E-state index in [4.69, 9.17) is 0 Å². The number of rotatable bonds is 11. The second-order valence-corrected chi connectivity index (χ2v) is 6.73. The number of hydrogen-bond acceptors (Lipinski definition) is 2. The fourth-order valence-corrected chi connectivity index (χ4v) is 3.05. The molecule has 2 atom stereocenters. The summed E-state index contributed by atoms with van der Waals surface area (Å²) in [5.74, 6) is 0.193. The standard InChI is InChI=1S/C19H35N3O/c1-6-19(5,16-17(4)22-14-9-10-15-22)18(23)20-12-11-13-21(7-2)8-3/h9-10,14-15,17H,6-8,11-13,16H2,1-5H3,(H,20,23). The van der Waals surface area contributed by atoms with Gasteiger partial charge in [0.05, 0.1) is 0 Å². The van der Waals surface area contributed by atoms with Crippen molar-refractivity contribution in [2.45, 2.75) is 59.9 Å². The van der Waals surface area contributed by atoms with E-state index in [1.165, 1.54) is 0 Å². The van der Waals surface area contributed by atoms with E-state index in [9.17, 15) is 4.79 Å². The molecule has 4 heteroatoms. The van der Waals surface area contributed by atoms with Gasteiger partial charge in [-0.1, -0.05) is 27.7 Å². The molecule has 1 aromatic rings. The summed E-state index contributed by atoms with van der Waals surface area (Å²) in [4.78, 5) is 15.0. The van der Waals surface area contributed by atoms with Crippen LogP contribution in [-0.2, 0) is 4.79 Å². The third kappa shape index (κ3) is 6.02. The molecule has 132 valence electrons. The van der Waals surface area contributed by atoms with Gasteiger partial charge in [0, 0.05) is 30.4 Å². The molecule has 2 unspecified atom stereocenters. The number of hydrogen-bond donors (Lipinski definition) is 1. The third-order valence-corrected chi connectivity index (χ3v) is 5.04. The van der Waals surface area contributed by atoms with Crippen molar-refractivity contribution in [2.24, 2.45) is 5.41 Å². The molecule has 1 rings (SSSR count). The molecule has 0 aliphatic rings. The third-order valence-electron chi connectivity index (χ3n) is 5.04. The van der Waals surface area contributed by atoms with Gasteiger partial charge in [-0.2, -0.15) is 0 Å². The van der Waals surface area contributed by atoms with Crippen LogP contribution in [0.4, 0.5) is 0 Å². The number of amides is 1. The minimum Gasteiger partial charge on any atom is -0.356 e. The fraction of sp³-hybridized carbons (Fsp3) is 0.737. The van der Waals surface area contributed by atoms with Crippen LogP contribution in [0.25, 0.3) is 0 Å². The summed E-state index contributed by atoms with van der Waals surface area (Å²) in [6.07, 6.45) is 6.88. The van der Waals surface area contributed by atoms with Gasteiger partial charge in [-0.25, -0.2) is 0 Å². The highest BCUT2D eigenvalue weighted by atomic mass is 16.2. The van der Waals surface area contributed by atoms with Crippen molar-refractivity contribution in [3.8, 4) is 0 Å². The van der Waals surface area contributed by atoms with Crippen LogP contribution in [0.3, 0.4) is 0 Å². The lowest BCUT2D eigenvalue weighted by molar-refractivity contribution is -0.131. The Morgan fingerprint density at radius 2 is 1.83 bits per heavy atom. The highest BCUT2D eigenvalue weighted by Crippen LogP contribution is 2.32. The van der Waals surface area contributed by atoms with Gasteiger partial charge in [0.1, 0.15) is 0 Å². The van der Waals surface area contributed by atoms with E-state index in [1.807, 2.05) is 12.1 Å². The summed E-state index contributed by atoms with van der Waals surface area (Å²) in [5.41, 5.74) is -0.307. The van der Waals surface area contributed by atoms with E-state index in [2.05, 4.69) is 61.8 Å². The Kier molecular flexibility index (Phi) is 8.38. The Morgan fingerprint density at radius 3 is 2.35 bits per heavy atom. The topological polar surface area (TPSA) is 37.3 Å². The SMILES string of the molecule is CCN(CC)CCCNC(=O)C(C)(CC)CC(C)n1cccc1. The normalized spacial score (nSPS) is 15.4. The van der Waals surface area contributed by atoms with E-state index in [0.29, 0.717) is 6.04 Å². The van der Waals surface area contributed by atoms with Crippen LogP contribution in [0.1, 0.15) is 59.9 Å². The van der Waals surface area contributed by atoms with Gasteiger partial charge >= 0.3 is 0 Å². The maximum Gasteiger partial charge on any atom is 0.226 e. The van der Waals surface area contributed by atoms with Crippen LogP contribution in [0.5, 0.6) is 0 Å². The minimum absolute atomic E-state index is 0.193. The van der Waals surface area contributed by atoms with E-state index < -0.39 is 0 Å². The fourth-order valence-electron chi connectivity index (χ4n) is 3.05. The van der Waals surface area contributed by atoms with Gasteiger partial charge in [0.15, 0.2) is 0 Å². The van der Waals surface area contributed by atoms with Crippen LogP contribution in [0.15, 0.2) is 24.5 Å². The first kappa shape index (κ1) is 19.8. The van der Waals surface area contributed by atoms with E-state index in [-0.39, 0.29) is 11.3 Å². The second-order valence-electron chi connectivity index (χ2n) is 6.73. The van der Waals surface area contributed by atoms with Crippen LogP contribution < -0.4 is 5.32 Å². The molecule has 0 saturated heterocycles. The largest absolute Gasteiger partial charge is 0.356 e. The predicted molar refractivity (Wildman–Crippen MR) is 97.6 cm³/mol. The molecule has 0 aromatic carbocycles. The first-order valence-electron chi connectivity index (χ1n) is 9.09. The van der Waals surface area contributed by atoms with Gasteiger partial charge < -0.3 is 14.8 Å². The number of nitrogens with zero attached hydrogens (tertiary/aromatic N) is 2. The number of carbonyl (C=O) groups is 1. The Labute approximate surface area is 142 Å². The molecular weight excluding hydrogens is 286 g/mol. The van der Waals surface area contributed by atoms with Crippen molar-refractivity contribution < 1.29 is 4.79 Å². The van der Waals surface area contributed by atoms with Gasteiger partial charge in [-0.05, 0) is 58.0 Å². The van der Waals surface area contributed by atoms with Crippen molar-refractivity contribution in [3.05, 3.63) is 24.5 Å². The first-order valence-corrected chi connectivity index (χ1v) is 9.09. The van der Waals surface area contributed by atoms with Crippen molar-refractivity contribution in [2.75, 3.05) is 26.2 Å². The van der Waals surface area contributed by atoms with Crippen molar-refractivity contribution >= 4 is 5.91 Å². The summed E-state index contributed by atoms with van der Waals surface area (Å²) in [7, 11) is 0. The van der Waals surface area contributed by atoms with Crippen molar-refractivity contribution in [3.63, 3.8) is 0 Å². The quantitative estimate of drug-likeness (QED) is 0.631. The van der Waals surface area contributed by atoms with Crippen LogP contribution >= 0.6 is 0 Å². The summed E-state index contributed by atoms with van der Waals surface area (Å²) in [6.45, 7) is 14.7. The minimum atomic E-state index is -0.307. The van der Waals surface area contributed by atoms with Crippen LogP contribution in [0, 0.1) is 5.41 Å². The van der Waals surface area contributed by atoms with E-state index in [0.717, 1.165) is 45.4 Å². The molecule has 4 nitrogen and oxygen atoms in total. The maximum absolute atomic E-state index is 12.7. The predicted octanol–water partition coefficient (Wildman–Crippen LogP) is 3.70. The number of nitrogens with one attached hydrogen (secondary N) is 1. The summed E-state index contributed by atoms with van der Waals surface area (Å²) in [5, 5.41) is 3.15. The second kappa shape index (κ2) is 9.76. The molecule has 23 heavy (non-hydrogen) atoms. The molecule has 0 saturated carbocycles. The summed E-state index contributed by atoms with van der Waals surface area (Å²) < 4.78 is 2.18. The number of aromatic nitrogens is 1. The average molecular weight is 322 g/mol. The Bertz CT molecular complexity index is 439. The Balaban J connectivity index is 2.46. The highest BCUT2D eigenvalue weighted by Gasteiger charge is 2.32. The molecular formula is C19H35N3O. The zero-order chi connectivity index (χ0) is 17.3. The van der Waals surface area contributed by atoms with Crippen molar-refractivity contribution in [1.82, 2.24) is 14.8 Å². The first-order chi connectivity index (χ1) is 11.0. The zero-order valence-electron chi connectivity index (χ0n) is 15.6. The molecule has 0 bridgehead atoms. The highest BCUT2D eigenvalue weighted by molar-refractivity contribution is 5.82. The van der Waals surface area contributed by atoms with Crippen molar-refractivity contribution in [1.29, 1.82) is 0 Å². The molecule has 1 heterocycles. The van der Waals surface area contributed by atoms with Gasteiger partial charge in [-0.3, -0.25) is 4.79 Å². The molecule has 0 fully saturated rings. The molecule has 0 aliphatic heterocycles. The average Bonchev–Trinajstić information content (AvgIpc) is 3.09. The molecule has 1 N–H and O–H groups in total. The van der Waals surface area contributed by atoms with Crippen LogP contribution in [0.2, 0.25) is 0 Å². The van der Waals surface area contributed by atoms with E-state index >= 15 is 0 Å². The molecule has 0 aliphatic carbocycles. The molecule has 0 radical (unpaired) electrons. The molecule has 1 aromatic heterocycles. The lowest BCUT2D eigenvalue weighted by Crippen LogP contribution is -2.41. The maximum atomic E-state index is 12.7. The number of carbonyl (C=O) groups excluding carboxylic acids is 1. The Morgan fingerprint density at radius 1 is 1.22 bits per heavy atom. The lowest BCUT2D eigenvalue weighted by Gasteiger charge is -2.30. The smallest absolute Gasteiger partial charge is 0.226 e. The zero-order valence-corrected chi connectivity index (χ0v) is 15.6. The monoisotopic (exact) mass is 321 g/mol. The molecule has 0 spiro atoms. The lowest BCUT2D eigenvalue weighted by atomic mass is 9.80. The summed E-state index contributed by atoms with van der Waals surface area (Å²) >= 11 is 0. The van der Waals surface area contributed by atoms with E-state index in [1.54, 1.807) is 0 Å². The van der Waals surface area contributed by atoms with Gasteiger partial charge in [0.2, 0.25) is 5.91 Å². The Hall–Kier alpha value is -1.29. The summed E-state index contributed by atoms with van der Waals surface area (Å²) in [6, 6.07) is 4.40. The van der Waals surface area contributed by atoms with Crippen LogP contribution in [-0.4, -0.2) is 41.6 Å². The molecule has 1 amide bonds.